The van der Waals surface area contributed by atoms with Gasteiger partial charge in [-0.3, -0.25) is 14.6 Å². The lowest BCUT2D eigenvalue weighted by molar-refractivity contribution is 0.0752. The number of aromatic nitrogens is 2. The number of pyridine rings is 1. The van der Waals surface area contributed by atoms with Crippen LogP contribution in [0.2, 0.25) is 0 Å². The van der Waals surface area contributed by atoms with E-state index in [1.165, 1.54) is 37.9 Å². The molecule has 3 aromatic rings. The van der Waals surface area contributed by atoms with Crippen molar-refractivity contribution in [2.45, 2.75) is 38.5 Å². The van der Waals surface area contributed by atoms with Crippen LogP contribution in [0.4, 0.5) is 10.1 Å². The highest BCUT2D eigenvalue weighted by atomic mass is 19.1. The first-order chi connectivity index (χ1) is 15.1. The minimum absolute atomic E-state index is 0.0355. The second kappa shape index (κ2) is 9.29. The smallest absolute Gasteiger partial charge is 0.253 e. The minimum atomic E-state index is -0.390. The fourth-order valence-corrected chi connectivity index (χ4v) is 4.19. The summed E-state index contributed by atoms with van der Waals surface area (Å²) in [7, 11) is 1.77. The summed E-state index contributed by atoms with van der Waals surface area (Å²) >= 11 is 0. The molecule has 162 valence electrons. The van der Waals surface area contributed by atoms with E-state index in [0.29, 0.717) is 28.2 Å². The molecule has 0 aliphatic carbocycles. The van der Waals surface area contributed by atoms with Gasteiger partial charge < -0.3 is 10.2 Å². The van der Waals surface area contributed by atoms with Crippen molar-refractivity contribution >= 4 is 23.0 Å². The third-order valence-corrected chi connectivity index (χ3v) is 5.92. The Morgan fingerprint density at radius 1 is 1.06 bits per heavy atom. The van der Waals surface area contributed by atoms with Crippen LogP contribution in [0.3, 0.4) is 0 Å². The molecule has 31 heavy (non-hydrogen) atoms. The van der Waals surface area contributed by atoms with Crippen LogP contribution >= 0.6 is 0 Å². The van der Waals surface area contributed by atoms with Gasteiger partial charge in [-0.25, -0.2) is 9.37 Å². The van der Waals surface area contributed by atoms with Crippen LogP contribution in [0.15, 0.2) is 42.7 Å². The molecule has 0 radical (unpaired) electrons. The predicted octanol–water partition coefficient (Wildman–Crippen LogP) is 4.73. The second-order valence-electron chi connectivity index (χ2n) is 8.02. The van der Waals surface area contributed by atoms with Crippen molar-refractivity contribution < 1.29 is 9.18 Å². The lowest BCUT2D eigenvalue weighted by Gasteiger charge is -2.23. The normalized spacial score (nSPS) is 15.2. The van der Waals surface area contributed by atoms with Crippen LogP contribution in [-0.2, 0) is 0 Å². The molecule has 1 aliphatic rings. The first-order valence-electron chi connectivity index (χ1n) is 10.9. The second-order valence-corrected chi connectivity index (χ2v) is 8.02. The molecular formula is C24H28FN5O. The average Bonchev–Trinajstić information content (AvgIpc) is 3.25. The molecule has 0 saturated carbocycles. The summed E-state index contributed by atoms with van der Waals surface area (Å²) in [6.07, 6.45) is 9.80. The molecule has 3 heterocycles. The molecule has 2 aromatic heterocycles. The van der Waals surface area contributed by atoms with Crippen molar-refractivity contribution in [2.75, 3.05) is 25.5 Å². The highest BCUT2D eigenvalue weighted by Crippen LogP contribution is 2.23. The Morgan fingerprint density at radius 3 is 2.48 bits per heavy atom. The summed E-state index contributed by atoms with van der Waals surface area (Å²) in [4.78, 5) is 19.4. The molecule has 1 aliphatic heterocycles. The zero-order valence-corrected chi connectivity index (χ0v) is 17.8. The van der Waals surface area contributed by atoms with E-state index in [-0.39, 0.29) is 11.6 Å². The van der Waals surface area contributed by atoms with Crippen molar-refractivity contribution in [3.05, 3.63) is 65.4 Å². The molecule has 6 nitrogen and oxygen atoms in total. The standard InChI is InChI=1S/C24H28FN5O/c1-27-20-14-17(24(31)29-12-6-4-2-3-5-7-13-29)8-10-19(20)23(26)21-15-28-22-11-9-18(25)16-30(21)22/h8-11,14-16,26-27H,2-7,12-13H2,1H3. The van der Waals surface area contributed by atoms with Crippen molar-refractivity contribution in [2.24, 2.45) is 0 Å². The van der Waals surface area contributed by atoms with Crippen LogP contribution in [0.5, 0.6) is 0 Å². The maximum Gasteiger partial charge on any atom is 0.253 e. The Bertz CT molecular complexity index is 1100. The highest BCUT2D eigenvalue weighted by molar-refractivity contribution is 6.14. The Hall–Kier alpha value is -3.22. The number of rotatable bonds is 4. The van der Waals surface area contributed by atoms with Crippen molar-refractivity contribution in [1.29, 1.82) is 5.41 Å². The van der Waals surface area contributed by atoms with Gasteiger partial charge in [0.05, 0.1) is 17.6 Å². The number of fused-ring (bicyclic) bond motifs is 1. The molecule has 0 bridgehead atoms. The van der Waals surface area contributed by atoms with E-state index in [2.05, 4.69) is 10.3 Å². The van der Waals surface area contributed by atoms with E-state index in [4.69, 9.17) is 5.41 Å². The summed E-state index contributed by atoms with van der Waals surface area (Å²) in [5.74, 6) is -0.355. The number of nitrogens with one attached hydrogen (secondary N) is 2. The molecule has 0 unspecified atom stereocenters. The van der Waals surface area contributed by atoms with Crippen molar-refractivity contribution in [3.63, 3.8) is 0 Å². The lowest BCUT2D eigenvalue weighted by atomic mass is 10.0. The van der Waals surface area contributed by atoms with Crippen molar-refractivity contribution in [3.8, 4) is 0 Å². The van der Waals surface area contributed by atoms with Gasteiger partial charge in [0, 0.05) is 43.1 Å². The maximum atomic E-state index is 13.7. The number of amides is 1. The Morgan fingerprint density at radius 2 is 1.77 bits per heavy atom. The number of imidazole rings is 1. The number of nitrogens with zero attached hydrogens (tertiary/aromatic N) is 3. The van der Waals surface area contributed by atoms with Crippen LogP contribution in [-0.4, -0.2) is 46.0 Å². The Labute approximate surface area is 181 Å². The average molecular weight is 422 g/mol. The third-order valence-electron chi connectivity index (χ3n) is 5.92. The van der Waals surface area contributed by atoms with Crippen LogP contribution in [0, 0.1) is 11.2 Å². The fourth-order valence-electron chi connectivity index (χ4n) is 4.19. The molecule has 1 saturated heterocycles. The maximum absolute atomic E-state index is 13.7. The number of carbonyl (C=O) groups excluding carboxylic acids is 1. The molecule has 0 spiro atoms. The quantitative estimate of drug-likeness (QED) is 0.598. The van der Waals surface area contributed by atoms with E-state index in [1.807, 2.05) is 11.0 Å². The van der Waals surface area contributed by atoms with Gasteiger partial charge in [-0.05, 0) is 43.2 Å². The number of benzene rings is 1. The van der Waals surface area contributed by atoms with E-state index in [0.717, 1.165) is 25.9 Å². The van der Waals surface area contributed by atoms with Gasteiger partial charge >= 0.3 is 0 Å². The highest BCUT2D eigenvalue weighted by Gasteiger charge is 2.20. The number of hydrogen-bond donors (Lipinski definition) is 2. The summed E-state index contributed by atoms with van der Waals surface area (Å²) in [6, 6.07) is 8.31. The van der Waals surface area contributed by atoms with Crippen LogP contribution in [0.25, 0.3) is 5.65 Å². The molecular weight excluding hydrogens is 393 g/mol. The summed E-state index contributed by atoms with van der Waals surface area (Å²) in [5.41, 5.74) is 3.21. The summed E-state index contributed by atoms with van der Waals surface area (Å²) in [5, 5.41) is 11.8. The molecule has 2 N–H and O–H groups in total. The minimum Gasteiger partial charge on any atom is -0.388 e. The van der Waals surface area contributed by atoms with Gasteiger partial charge in [-0.2, -0.15) is 0 Å². The van der Waals surface area contributed by atoms with E-state index in [9.17, 15) is 9.18 Å². The zero-order chi connectivity index (χ0) is 21.8. The van der Waals surface area contributed by atoms with Gasteiger partial charge in [-0.1, -0.05) is 25.7 Å². The zero-order valence-electron chi connectivity index (χ0n) is 17.8. The summed E-state index contributed by atoms with van der Waals surface area (Å²) < 4.78 is 15.3. The van der Waals surface area contributed by atoms with Crippen LogP contribution < -0.4 is 5.32 Å². The SMILES string of the molecule is CNc1cc(C(=O)N2CCCCCCCC2)ccc1C(=N)c1cnc2ccc(F)cn12. The Kier molecular flexibility index (Phi) is 6.30. The molecule has 4 rings (SSSR count). The van der Waals surface area contributed by atoms with Crippen molar-refractivity contribution in [1.82, 2.24) is 14.3 Å². The fraction of sp³-hybridized carbons (Fsp3) is 0.375. The van der Waals surface area contributed by atoms with Gasteiger partial charge in [-0.15, -0.1) is 0 Å². The molecule has 1 amide bonds. The first-order valence-corrected chi connectivity index (χ1v) is 10.9. The number of carbonyl (C=O) groups is 1. The molecule has 1 fully saturated rings. The number of anilines is 1. The van der Waals surface area contributed by atoms with Gasteiger partial charge in [0.15, 0.2) is 0 Å². The van der Waals surface area contributed by atoms with Gasteiger partial charge in [0.2, 0.25) is 0 Å². The Balaban J connectivity index is 1.62. The van der Waals surface area contributed by atoms with Gasteiger partial charge in [0.1, 0.15) is 11.5 Å². The monoisotopic (exact) mass is 421 g/mol. The molecule has 7 heteroatoms. The lowest BCUT2D eigenvalue weighted by Crippen LogP contribution is -2.32. The summed E-state index contributed by atoms with van der Waals surface area (Å²) in [6.45, 7) is 1.58. The number of halogens is 1. The third kappa shape index (κ3) is 4.45. The first kappa shape index (κ1) is 21.0. The predicted molar refractivity (Wildman–Crippen MR) is 121 cm³/mol. The largest absolute Gasteiger partial charge is 0.388 e. The molecule has 1 aromatic carbocycles. The molecule has 0 atom stereocenters. The van der Waals surface area contributed by atoms with Crippen LogP contribution in [0.1, 0.15) is 60.1 Å². The van der Waals surface area contributed by atoms with E-state index < -0.39 is 5.82 Å². The topological polar surface area (TPSA) is 73.5 Å². The number of hydrogen-bond acceptors (Lipinski definition) is 4. The van der Waals surface area contributed by atoms with Gasteiger partial charge in [0.25, 0.3) is 5.91 Å². The van der Waals surface area contributed by atoms with E-state index >= 15 is 0 Å². The van der Waals surface area contributed by atoms with E-state index in [1.54, 1.807) is 35.8 Å².